The highest BCUT2D eigenvalue weighted by Gasteiger charge is 2.29. The number of nitrogens with zero attached hydrogens (tertiary/aromatic N) is 12. The van der Waals surface area contributed by atoms with Gasteiger partial charge in [0.2, 0.25) is 11.9 Å². The minimum atomic E-state index is -4.79. The smallest absolute Gasteiger partial charge is 0.296 e. The number of azo groups is 2. The van der Waals surface area contributed by atoms with Gasteiger partial charge in [0.15, 0.2) is 34.6 Å². The molecule has 0 aliphatic carbocycles. The third kappa shape index (κ3) is 11.7. The van der Waals surface area contributed by atoms with E-state index in [1.165, 1.54) is 18.2 Å². The molecule has 0 atom stereocenters. The van der Waals surface area contributed by atoms with Crippen LogP contribution in [0, 0.1) is 0 Å². The maximum absolute atomic E-state index is 12.3. The van der Waals surface area contributed by atoms with Gasteiger partial charge in [0.1, 0.15) is 16.3 Å². The molecule has 5 rings (SSSR count). The van der Waals surface area contributed by atoms with Crippen molar-refractivity contribution in [3.8, 4) is 0 Å². The summed E-state index contributed by atoms with van der Waals surface area (Å²) in [5, 5.41) is 41.6. The first-order chi connectivity index (χ1) is 29.6. The molecule has 2 aromatic carbocycles. The molecule has 1 aliphatic rings. The van der Waals surface area contributed by atoms with E-state index in [9.17, 15) is 25.9 Å². The molecule has 1 aliphatic heterocycles. The molecule has 30 heteroatoms. The van der Waals surface area contributed by atoms with Crippen molar-refractivity contribution < 1.29 is 55.2 Å². The SMILES string of the molecule is CCN(CC)c1nc(N)c(N=Nc2cc(S(=O)(=O)O)ccc2SOOO)c(N2CCN(c3nc(N(CC)CC)nc(N)c3N=Nc3cc(SOOO)ccc3S(=O)(=O)O)CC2)n1. The van der Waals surface area contributed by atoms with Gasteiger partial charge in [-0.1, -0.05) is 10.1 Å². The third-order valence-corrected chi connectivity index (χ3v) is 12.0. The summed E-state index contributed by atoms with van der Waals surface area (Å²) in [6.45, 7) is 10.9. The van der Waals surface area contributed by atoms with Gasteiger partial charge in [-0.3, -0.25) is 9.11 Å². The Bertz CT molecular complexity index is 2490. The van der Waals surface area contributed by atoms with Gasteiger partial charge >= 0.3 is 0 Å². The zero-order valence-corrected chi connectivity index (χ0v) is 36.6. The van der Waals surface area contributed by atoms with Gasteiger partial charge in [0.25, 0.3) is 20.2 Å². The lowest BCUT2D eigenvalue weighted by molar-refractivity contribution is -0.432. The molecule has 26 nitrogen and oxygen atoms in total. The molecule has 0 amide bonds. The van der Waals surface area contributed by atoms with E-state index in [0.29, 0.717) is 62.2 Å². The number of aromatic nitrogens is 4. The van der Waals surface area contributed by atoms with Crippen LogP contribution in [0.15, 0.2) is 76.4 Å². The molecule has 0 radical (unpaired) electrons. The molecule has 8 N–H and O–H groups in total. The first kappa shape index (κ1) is 47.9. The highest BCUT2D eigenvalue weighted by atomic mass is 32.2. The number of piperazine rings is 1. The number of anilines is 6. The van der Waals surface area contributed by atoms with Crippen molar-refractivity contribution in [1.29, 1.82) is 0 Å². The van der Waals surface area contributed by atoms with Crippen LogP contribution in [0.25, 0.3) is 0 Å². The molecule has 2 aromatic heterocycles. The maximum Gasteiger partial charge on any atom is 0.296 e. The summed E-state index contributed by atoms with van der Waals surface area (Å²) in [4.78, 5) is 25.3. The highest BCUT2D eigenvalue weighted by Crippen LogP contribution is 2.41. The van der Waals surface area contributed by atoms with Crippen molar-refractivity contribution in [2.75, 3.05) is 83.4 Å². The molecule has 3 heterocycles. The average molecular weight is 943 g/mol. The quantitative estimate of drug-likeness (QED) is 0.0205. The Labute approximate surface area is 363 Å². The van der Waals surface area contributed by atoms with Crippen molar-refractivity contribution >= 4 is 102 Å². The van der Waals surface area contributed by atoms with Gasteiger partial charge in [0.05, 0.1) is 33.9 Å². The summed E-state index contributed by atoms with van der Waals surface area (Å²) >= 11 is 1.01. The second-order valence-corrected chi connectivity index (χ2v) is 16.9. The molecular weight excluding hydrogens is 901 g/mol. The summed E-state index contributed by atoms with van der Waals surface area (Å²) in [5.41, 5.74) is 12.6. The van der Waals surface area contributed by atoms with Crippen molar-refractivity contribution in [2.24, 2.45) is 20.5 Å². The van der Waals surface area contributed by atoms with Crippen molar-refractivity contribution in [3.05, 3.63) is 36.4 Å². The highest BCUT2D eigenvalue weighted by molar-refractivity contribution is 7.95. The largest absolute Gasteiger partial charge is 0.382 e. The molecule has 1 fully saturated rings. The van der Waals surface area contributed by atoms with Crippen LogP contribution >= 0.6 is 24.1 Å². The molecule has 62 heavy (non-hydrogen) atoms. The minimum Gasteiger partial charge on any atom is -0.382 e. The first-order valence-corrected chi connectivity index (χ1v) is 22.6. The molecule has 0 saturated carbocycles. The Morgan fingerprint density at radius 3 is 1.60 bits per heavy atom. The summed E-state index contributed by atoms with van der Waals surface area (Å²) in [5.74, 6) is 0.983. The van der Waals surface area contributed by atoms with Crippen LogP contribution in [-0.2, 0) is 39.0 Å². The molecule has 1 saturated heterocycles. The Morgan fingerprint density at radius 2 is 1.15 bits per heavy atom. The Kier molecular flexibility index (Phi) is 16.5. The summed E-state index contributed by atoms with van der Waals surface area (Å²) < 4.78 is 77.0. The second kappa shape index (κ2) is 21.3. The summed E-state index contributed by atoms with van der Waals surface area (Å²) in [7, 11) is -9.45. The van der Waals surface area contributed by atoms with E-state index in [4.69, 9.17) is 31.9 Å². The number of rotatable bonds is 20. The van der Waals surface area contributed by atoms with E-state index in [1.54, 1.807) is 0 Å². The topological polar surface area (TPSA) is 352 Å². The Hall–Kier alpha value is -5.12. The molecule has 4 aromatic rings. The fourth-order valence-corrected chi connectivity index (χ4v) is 7.83. The van der Waals surface area contributed by atoms with Gasteiger partial charge in [0, 0.05) is 57.3 Å². The Balaban J connectivity index is 1.56. The predicted octanol–water partition coefficient (Wildman–Crippen LogP) is 5.63. The van der Waals surface area contributed by atoms with Gasteiger partial charge in [-0.15, -0.1) is 29.1 Å². The van der Waals surface area contributed by atoms with Crippen molar-refractivity contribution in [2.45, 2.75) is 47.3 Å². The van der Waals surface area contributed by atoms with E-state index in [1.807, 2.05) is 47.3 Å². The van der Waals surface area contributed by atoms with Gasteiger partial charge < -0.3 is 31.1 Å². The molecular formula is C32H42N14O12S4. The number of nitrogen functional groups attached to an aromatic ring is 2. The lowest BCUT2D eigenvalue weighted by Gasteiger charge is -2.37. The number of benzene rings is 2. The zero-order valence-electron chi connectivity index (χ0n) is 33.3. The minimum absolute atomic E-state index is 0.00962. The maximum atomic E-state index is 12.3. The lowest BCUT2D eigenvalue weighted by atomic mass is 10.2. The van der Waals surface area contributed by atoms with Gasteiger partial charge in [-0.05, 0) is 64.1 Å². The zero-order chi connectivity index (χ0) is 45.2. The van der Waals surface area contributed by atoms with E-state index in [0.717, 1.165) is 18.2 Å². The van der Waals surface area contributed by atoms with E-state index >= 15 is 0 Å². The van der Waals surface area contributed by atoms with E-state index < -0.39 is 30.0 Å². The van der Waals surface area contributed by atoms with Crippen LogP contribution in [0.4, 0.5) is 57.9 Å². The fourth-order valence-electron chi connectivity index (χ4n) is 5.92. The standard InChI is InChI=1S/C32H42N14O12S4/c1-5-43(6-2)31-35-27(33)25(41-39-21-18-20(61(49,50)51)10-11-23(21)60-58-56-48)29(37-31)45-13-15-46(16-14-45)30-26(28(34)36-32(38-30)44(7-3)8-4)42-40-22-17-19(59-57-55-47)9-12-24(22)62(52,53)54/h9-12,17-18,47-48H,5-8,13-16H2,1-4H3,(H2,33,35,37)(H2,34,36,38)(H,49,50,51)(H,52,53,54). The molecule has 0 spiro atoms. The number of nitrogens with two attached hydrogens (primary N) is 2. The van der Waals surface area contributed by atoms with Crippen LogP contribution in [0.5, 0.6) is 0 Å². The average Bonchev–Trinajstić information content (AvgIpc) is 3.24. The van der Waals surface area contributed by atoms with Crippen LogP contribution in [0.3, 0.4) is 0 Å². The van der Waals surface area contributed by atoms with Gasteiger partial charge in [-0.25, -0.2) is 10.5 Å². The van der Waals surface area contributed by atoms with Crippen LogP contribution in [0.2, 0.25) is 0 Å². The van der Waals surface area contributed by atoms with E-state index in [-0.39, 0.29) is 82.0 Å². The molecule has 336 valence electrons. The Morgan fingerprint density at radius 1 is 0.661 bits per heavy atom. The fraction of sp³-hybridized carbons (Fsp3) is 0.375. The number of hydrogen-bond acceptors (Lipinski definition) is 26. The summed E-state index contributed by atoms with van der Waals surface area (Å²) in [6, 6.07) is 6.91. The van der Waals surface area contributed by atoms with Crippen LogP contribution in [-0.4, -0.2) is 109 Å². The normalized spacial score (nSPS) is 13.7. The first-order valence-electron chi connectivity index (χ1n) is 18.3. The van der Waals surface area contributed by atoms with E-state index in [2.05, 4.69) is 49.2 Å². The second-order valence-electron chi connectivity index (χ2n) is 12.5. The third-order valence-electron chi connectivity index (χ3n) is 9.00. The monoisotopic (exact) mass is 942 g/mol. The van der Waals surface area contributed by atoms with Gasteiger partial charge in [-0.2, -0.15) is 36.8 Å². The molecule has 0 unspecified atom stereocenters. The van der Waals surface area contributed by atoms with Crippen molar-refractivity contribution in [1.82, 2.24) is 19.9 Å². The van der Waals surface area contributed by atoms with Crippen LogP contribution < -0.4 is 31.1 Å². The molecule has 0 bridgehead atoms. The lowest BCUT2D eigenvalue weighted by Crippen LogP contribution is -2.47. The van der Waals surface area contributed by atoms with Crippen LogP contribution in [0.1, 0.15) is 27.7 Å². The summed E-state index contributed by atoms with van der Waals surface area (Å²) in [6.07, 6.45) is 0. The van der Waals surface area contributed by atoms with Crippen molar-refractivity contribution in [3.63, 3.8) is 0 Å². The number of hydrogen-bond donors (Lipinski definition) is 6. The predicted molar refractivity (Wildman–Crippen MR) is 227 cm³/mol.